The highest BCUT2D eigenvalue weighted by atomic mass is 16.5. The third-order valence-corrected chi connectivity index (χ3v) is 1.97. The Labute approximate surface area is 91.4 Å². The summed E-state index contributed by atoms with van der Waals surface area (Å²) < 4.78 is 10.9. The van der Waals surface area contributed by atoms with Crippen LogP contribution in [0.5, 0.6) is 11.5 Å². The van der Waals surface area contributed by atoms with Crippen molar-refractivity contribution >= 4 is 0 Å². The summed E-state index contributed by atoms with van der Waals surface area (Å²) in [6.07, 6.45) is 1.02. The zero-order valence-corrected chi connectivity index (χ0v) is 9.45. The summed E-state index contributed by atoms with van der Waals surface area (Å²) in [6, 6.07) is 7.72. The molecule has 0 aliphatic heterocycles. The van der Waals surface area contributed by atoms with Crippen LogP contribution in [0.3, 0.4) is 0 Å². The maximum Gasteiger partial charge on any atom is 0.119 e. The second kappa shape index (κ2) is 7.12. The largest absolute Gasteiger partial charge is 0.494 e. The van der Waals surface area contributed by atoms with Gasteiger partial charge in [0.15, 0.2) is 0 Å². The lowest BCUT2D eigenvalue weighted by Crippen LogP contribution is -2.11. The highest BCUT2D eigenvalue weighted by molar-refractivity contribution is 5.31. The molecular weight excluding hydrogens is 190 g/mol. The van der Waals surface area contributed by atoms with Gasteiger partial charge in [-0.15, -0.1) is 0 Å². The monoisotopic (exact) mass is 209 g/mol. The normalized spacial score (nSPS) is 10.0. The van der Waals surface area contributed by atoms with Crippen LogP contribution < -0.4 is 14.8 Å². The van der Waals surface area contributed by atoms with Gasteiger partial charge in [-0.1, -0.05) is 0 Å². The molecule has 0 bridgehead atoms. The Morgan fingerprint density at radius 2 is 1.67 bits per heavy atom. The lowest BCUT2D eigenvalue weighted by atomic mass is 10.3. The molecule has 0 aliphatic carbocycles. The fraction of sp³-hybridized carbons (Fsp3) is 0.500. The molecule has 3 heteroatoms. The molecule has 0 radical (unpaired) electrons. The number of hydrogen-bond donors (Lipinski definition) is 1. The SMILES string of the molecule is CCOc1ccc(OCCCNC)cc1. The summed E-state index contributed by atoms with van der Waals surface area (Å²) in [5, 5.41) is 3.08. The van der Waals surface area contributed by atoms with Crippen molar-refractivity contribution in [2.75, 3.05) is 26.8 Å². The summed E-state index contributed by atoms with van der Waals surface area (Å²) in [5.74, 6) is 1.79. The van der Waals surface area contributed by atoms with Crippen molar-refractivity contribution in [3.63, 3.8) is 0 Å². The molecule has 0 saturated carbocycles. The zero-order valence-electron chi connectivity index (χ0n) is 9.45. The third kappa shape index (κ3) is 4.70. The number of rotatable bonds is 7. The third-order valence-electron chi connectivity index (χ3n) is 1.97. The summed E-state index contributed by atoms with van der Waals surface area (Å²) in [7, 11) is 1.94. The molecule has 0 amide bonds. The van der Waals surface area contributed by atoms with E-state index in [0.29, 0.717) is 6.61 Å². The predicted octanol–water partition coefficient (Wildman–Crippen LogP) is 2.07. The first-order valence-corrected chi connectivity index (χ1v) is 5.37. The van der Waals surface area contributed by atoms with Gasteiger partial charge in [0.05, 0.1) is 13.2 Å². The van der Waals surface area contributed by atoms with Crippen LogP contribution in [0.15, 0.2) is 24.3 Å². The van der Waals surface area contributed by atoms with E-state index < -0.39 is 0 Å². The first kappa shape index (κ1) is 11.9. The molecule has 0 saturated heterocycles. The second-order valence-corrected chi connectivity index (χ2v) is 3.21. The molecule has 0 heterocycles. The van der Waals surface area contributed by atoms with E-state index in [-0.39, 0.29) is 0 Å². The minimum atomic E-state index is 0.697. The molecule has 1 N–H and O–H groups in total. The lowest BCUT2D eigenvalue weighted by Gasteiger charge is -2.07. The summed E-state index contributed by atoms with van der Waals surface area (Å²) >= 11 is 0. The van der Waals surface area contributed by atoms with E-state index in [1.165, 1.54) is 0 Å². The quantitative estimate of drug-likeness (QED) is 0.697. The van der Waals surface area contributed by atoms with E-state index in [2.05, 4.69) is 5.32 Å². The van der Waals surface area contributed by atoms with Crippen LogP contribution in [0.1, 0.15) is 13.3 Å². The Balaban J connectivity index is 2.29. The number of nitrogens with one attached hydrogen (secondary N) is 1. The van der Waals surface area contributed by atoms with Crippen LogP contribution in [0.25, 0.3) is 0 Å². The average Bonchev–Trinajstić information content (AvgIpc) is 2.27. The highest BCUT2D eigenvalue weighted by Crippen LogP contribution is 2.17. The first-order chi connectivity index (χ1) is 7.36. The minimum Gasteiger partial charge on any atom is -0.494 e. The van der Waals surface area contributed by atoms with Gasteiger partial charge in [0.2, 0.25) is 0 Å². The van der Waals surface area contributed by atoms with Gasteiger partial charge in [-0.05, 0) is 51.2 Å². The van der Waals surface area contributed by atoms with Crippen molar-refractivity contribution in [1.29, 1.82) is 0 Å². The van der Waals surface area contributed by atoms with Gasteiger partial charge >= 0.3 is 0 Å². The van der Waals surface area contributed by atoms with E-state index in [9.17, 15) is 0 Å². The van der Waals surface area contributed by atoms with Crippen LogP contribution in [-0.2, 0) is 0 Å². The molecule has 0 unspecified atom stereocenters. The smallest absolute Gasteiger partial charge is 0.119 e. The molecule has 1 aromatic carbocycles. The molecule has 15 heavy (non-hydrogen) atoms. The molecular formula is C12H19NO2. The van der Waals surface area contributed by atoms with Crippen LogP contribution in [0.2, 0.25) is 0 Å². The highest BCUT2D eigenvalue weighted by Gasteiger charge is 1.95. The molecule has 1 rings (SSSR count). The summed E-state index contributed by atoms with van der Waals surface area (Å²) in [6.45, 7) is 4.40. The second-order valence-electron chi connectivity index (χ2n) is 3.21. The van der Waals surface area contributed by atoms with Crippen LogP contribution in [0.4, 0.5) is 0 Å². The maximum absolute atomic E-state index is 5.55. The van der Waals surface area contributed by atoms with Gasteiger partial charge in [-0.2, -0.15) is 0 Å². The van der Waals surface area contributed by atoms with Crippen molar-refractivity contribution in [2.45, 2.75) is 13.3 Å². The van der Waals surface area contributed by atoms with E-state index in [1.54, 1.807) is 0 Å². The number of hydrogen-bond acceptors (Lipinski definition) is 3. The van der Waals surface area contributed by atoms with E-state index >= 15 is 0 Å². The van der Waals surface area contributed by atoms with Crippen LogP contribution in [-0.4, -0.2) is 26.8 Å². The molecule has 3 nitrogen and oxygen atoms in total. The first-order valence-electron chi connectivity index (χ1n) is 5.37. The molecule has 0 atom stereocenters. The fourth-order valence-corrected chi connectivity index (χ4v) is 1.24. The van der Waals surface area contributed by atoms with Crippen LogP contribution in [0, 0.1) is 0 Å². The Morgan fingerprint density at radius 1 is 1.07 bits per heavy atom. The Hall–Kier alpha value is -1.22. The topological polar surface area (TPSA) is 30.5 Å². The Morgan fingerprint density at radius 3 is 2.20 bits per heavy atom. The fourth-order valence-electron chi connectivity index (χ4n) is 1.24. The Kier molecular flexibility index (Phi) is 5.63. The predicted molar refractivity (Wildman–Crippen MR) is 61.6 cm³/mol. The minimum absolute atomic E-state index is 0.697. The molecule has 1 aromatic rings. The van der Waals surface area contributed by atoms with E-state index in [4.69, 9.17) is 9.47 Å². The maximum atomic E-state index is 5.55. The van der Waals surface area contributed by atoms with Gasteiger partial charge in [0.1, 0.15) is 11.5 Å². The van der Waals surface area contributed by atoms with Gasteiger partial charge < -0.3 is 14.8 Å². The standard InChI is InChI=1S/C12H19NO2/c1-3-14-11-5-7-12(8-6-11)15-10-4-9-13-2/h5-8,13H,3-4,9-10H2,1-2H3. The van der Waals surface area contributed by atoms with Crippen molar-refractivity contribution in [2.24, 2.45) is 0 Å². The lowest BCUT2D eigenvalue weighted by molar-refractivity contribution is 0.307. The Bertz CT molecular complexity index is 259. The summed E-state index contributed by atoms with van der Waals surface area (Å²) in [4.78, 5) is 0. The zero-order chi connectivity index (χ0) is 10.9. The van der Waals surface area contributed by atoms with E-state index in [0.717, 1.165) is 31.1 Å². The van der Waals surface area contributed by atoms with Crippen molar-refractivity contribution in [3.8, 4) is 11.5 Å². The molecule has 0 aromatic heterocycles. The van der Waals surface area contributed by atoms with Crippen LogP contribution >= 0.6 is 0 Å². The molecule has 0 fully saturated rings. The van der Waals surface area contributed by atoms with E-state index in [1.807, 2.05) is 38.2 Å². The molecule has 84 valence electrons. The van der Waals surface area contributed by atoms with Crippen molar-refractivity contribution in [3.05, 3.63) is 24.3 Å². The molecule has 0 spiro atoms. The van der Waals surface area contributed by atoms with Crippen molar-refractivity contribution in [1.82, 2.24) is 5.32 Å². The number of benzene rings is 1. The van der Waals surface area contributed by atoms with Crippen molar-refractivity contribution < 1.29 is 9.47 Å². The van der Waals surface area contributed by atoms with Gasteiger partial charge in [-0.3, -0.25) is 0 Å². The molecule has 0 aliphatic rings. The van der Waals surface area contributed by atoms with Gasteiger partial charge in [0.25, 0.3) is 0 Å². The summed E-state index contributed by atoms with van der Waals surface area (Å²) in [5.41, 5.74) is 0. The van der Waals surface area contributed by atoms with Gasteiger partial charge in [-0.25, -0.2) is 0 Å². The average molecular weight is 209 g/mol. The van der Waals surface area contributed by atoms with Gasteiger partial charge in [0, 0.05) is 0 Å². The number of ether oxygens (including phenoxy) is 2.